The molecule has 2 N–H and O–H groups in total. The van der Waals surface area contributed by atoms with Crippen molar-refractivity contribution in [3.8, 4) is 0 Å². The summed E-state index contributed by atoms with van der Waals surface area (Å²) in [5.41, 5.74) is 3.37. The van der Waals surface area contributed by atoms with Crippen molar-refractivity contribution in [2.45, 2.75) is 13.8 Å². The SMILES string of the molecule is Cc1ccc(NC(=S)Nc2cnccn2)c(C)c1. The Bertz CT molecular complexity index is 554. The molecule has 0 bridgehead atoms. The quantitative estimate of drug-likeness (QED) is 0.811. The van der Waals surface area contributed by atoms with Crippen LogP contribution in [0.5, 0.6) is 0 Å². The molecule has 0 aliphatic heterocycles. The highest BCUT2D eigenvalue weighted by molar-refractivity contribution is 7.80. The lowest BCUT2D eigenvalue weighted by molar-refractivity contribution is 1.21. The summed E-state index contributed by atoms with van der Waals surface area (Å²) in [4.78, 5) is 8.06. The molecule has 5 heteroatoms. The van der Waals surface area contributed by atoms with Gasteiger partial charge >= 0.3 is 0 Å². The molecule has 92 valence electrons. The van der Waals surface area contributed by atoms with Crippen LogP contribution < -0.4 is 10.6 Å². The van der Waals surface area contributed by atoms with E-state index in [9.17, 15) is 0 Å². The van der Waals surface area contributed by atoms with E-state index < -0.39 is 0 Å². The summed E-state index contributed by atoms with van der Waals surface area (Å²) in [6, 6.07) is 6.16. The molecule has 0 saturated carbocycles. The van der Waals surface area contributed by atoms with Crippen molar-refractivity contribution in [2.24, 2.45) is 0 Å². The highest BCUT2D eigenvalue weighted by Crippen LogP contribution is 2.16. The molecule has 0 aliphatic carbocycles. The number of aryl methyl sites for hydroxylation is 2. The topological polar surface area (TPSA) is 49.8 Å². The molecule has 1 aromatic carbocycles. The molecule has 2 rings (SSSR count). The Morgan fingerprint density at radius 1 is 1.17 bits per heavy atom. The predicted octanol–water partition coefficient (Wildman–Crippen LogP) is 2.90. The van der Waals surface area contributed by atoms with E-state index >= 15 is 0 Å². The standard InChI is InChI=1S/C13H14N4S/c1-9-3-4-11(10(2)7-9)16-13(18)17-12-8-14-5-6-15-12/h3-8H,1-2H3,(H2,15,16,17,18). The summed E-state index contributed by atoms with van der Waals surface area (Å²) < 4.78 is 0. The molecule has 0 amide bonds. The molecule has 18 heavy (non-hydrogen) atoms. The number of hydrogen-bond acceptors (Lipinski definition) is 3. The number of nitrogens with one attached hydrogen (secondary N) is 2. The summed E-state index contributed by atoms with van der Waals surface area (Å²) >= 11 is 5.22. The van der Waals surface area contributed by atoms with Crippen molar-refractivity contribution in [3.63, 3.8) is 0 Å². The lowest BCUT2D eigenvalue weighted by Gasteiger charge is -2.12. The maximum absolute atomic E-state index is 5.22. The van der Waals surface area contributed by atoms with Gasteiger partial charge in [0.2, 0.25) is 0 Å². The average Bonchev–Trinajstić information content (AvgIpc) is 2.34. The Morgan fingerprint density at radius 2 is 2.00 bits per heavy atom. The monoisotopic (exact) mass is 258 g/mol. The van der Waals surface area contributed by atoms with Gasteiger partial charge in [-0.15, -0.1) is 0 Å². The zero-order valence-corrected chi connectivity index (χ0v) is 11.1. The largest absolute Gasteiger partial charge is 0.332 e. The summed E-state index contributed by atoms with van der Waals surface area (Å²) in [6.07, 6.45) is 4.85. The Kier molecular flexibility index (Phi) is 3.84. The molecule has 4 nitrogen and oxygen atoms in total. The number of anilines is 2. The predicted molar refractivity (Wildman–Crippen MR) is 77.8 cm³/mol. The van der Waals surface area contributed by atoms with Crippen molar-refractivity contribution in [1.29, 1.82) is 0 Å². The molecule has 2 aromatic rings. The molecule has 0 fully saturated rings. The van der Waals surface area contributed by atoms with Crippen LogP contribution in [0.4, 0.5) is 11.5 Å². The molecule has 0 saturated heterocycles. The van der Waals surface area contributed by atoms with Crippen molar-refractivity contribution in [1.82, 2.24) is 9.97 Å². The summed E-state index contributed by atoms with van der Waals surface area (Å²) in [7, 11) is 0. The van der Waals surface area contributed by atoms with Crippen LogP contribution in [0.3, 0.4) is 0 Å². The summed E-state index contributed by atoms with van der Waals surface area (Å²) in [6.45, 7) is 4.10. The fourth-order valence-electron chi connectivity index (χ4n) is 1.59. The van der Waals surface area contributed by atoms with Gasteiger partial charge < -0.3 is 10.6 Å². The first-order valence-corrected chi connectivity index (χ1v) is 5.97. The van der Waals surface area contributed by atoms with Gasteiger partial charge in [-0.25, -0.2) is 4.98 Å². The molecular weight excluding hydrogens is 244 g/mol. The Balaban J connectivity index is 2.03. The van der Waals surface area contributed by atoms with Gasteiger partial charge in [0.15, 0.2) is 10.9 Å². The zero-order chi connectivity index (χ0) is 13.0. The van der Waals surface area contributed by atoms with E-state index in [-0.39, 0.29) is 0 Å². The second kappa shape index (κ2) is 5.55. The van der Waals surface area contributed by atoms with E-state index in [4.69, 9.17) is 12.2 Å². The number of aromatic nitrogens is 2. The van der Waals surface area contributed by atoms with Gasteiger partial charge in [-0.3, -0.25) is 4.98 Å². The zero-order valence-electron chi connectivity index (χ0n) is 10.3. The fraction of sp³-hybridized carbons (Fsp3) is 0.154. The van der Waals surface area contributed by atoms with Gasteiger partial charge in [0.1, 0.15) is 0 Å². The second-order valence-corrected chi connectivity index (χ2v) is 4.40. The van der Waals surface area contributed by atoms with Gasteiger partial charge in [-0.2, -0.15) is 0 Å². The highest BCUT2D eigenvalue weighted by atomic mass is 32.1. The van der Waals surface area contributed by atoms with Crippen molar-refractivity contribution >= 4 is 28.8 Å². The van der Waals surface area contributed by atoms with Gasteiger partial charge in [-0.05, 0) is 37.7 Å². The molecule has 0 radical (unpaired) electrons. The minimum absolute atomic E-state index is 0.502. The van der Waals surface area contributed by atoms with Crippen LogP contribution >= 0.6 is 12.2 Å². The van der Waals surface area contributed by atoms with Crippen LogP contribution in [-0.4, -0.2) is 15.1 Å². The fourth-order valence-corrected chi connectivity index (χ4v) is 1.80. The molecule has 0 aliphatic rings. The van der Waals surface area contributed by atoms with E-state index in [2.05, 4.69) is 33.6 Å². The van der Waals surface area contributed by atoms with Gasteiger partial charge in [0.25, 0.3) is 0 Å². The third kappa shape index (κ3) is 3.24. The first-order valence-electron chi connectivity index (χ1n) is 5.56. The molecule has 0 atom stereocenters. The maximum Gasteiger partial charge on any atom is 0.176 e. The average molecular weight is 258 g/mol. The summed E-state index contributed by atoms with van der Waals surface area (Å²) in [5, 5.41) is 6.62. The normalized spacial score (nSPS) is 9.89. The van der Waals surface area contributed by atoms with E-state index in [1.807, 2.05) is 19.1 Å². The van der Waals surface area contributed by atoms with Crippen LogP contribution in [0.1, 0.15) is 11.1 Å². The van der Waals surface area contributed by atoms with E-state index in [1.165, 1.54) is 5.56 Å². The van der Waals surface area contributed by atoms with Crippen molar-refractivity contribution < 1.29 is 0 Å². The van der Waals surface area contributed by atoms with Crippen LogP contribution in [0.25, 0.3) is 0 Å². The number of nitrogens with zero attached hydrogens (tertiary/aromatic N) is 2. The Morgan fingerprint density at radius 3 is 2.67 bits per heavy atom. The molecule has 1 heterocycles. The van der Waals surface area contributed by atoms with Gasteiger partial charge in [-0.1, -0.05) is 17.7 Å². The van der Waals surface area contributed by atoms with Crippen LogP contribution in [-0.2, 0) is 0 Å². The molecule has 0 spiro atoms. The number of hydrogen-bond donors (Lipinski definition) is 2. The van der Waals surface area contributed by atoms with Crippen LogP contribution in [0.15, 0.2) is 36.8 Å². The third-order valence-corrected chi connectivity index (χ3v) is 2.64. The lowest BCUT2D eigenvalue weighted by Crippen LogP contribution is -2.20. The highest BCUT2D eigenvalue weighted by Gasteiger charge is 2.02. The van der Waals surface area contributed by atoms with Gasteiger partial charge in [0.05, 0.1) is 6.20 Å². The first-order chi connectivity index (χ1) is 8.65. The number of thiocarbonyl (C=S) groups is 1. The van der Waals surface area contributed by atoms with Crippen molar-refractivity contribution in [2.75, 3.05) is 10.6 Å². The van der Waals surface area contributed by atoms with Crippen LogP contribution in [0, 0.1) is 13.8 Å². The number of benzene rings is 1. The molecular formula is C13H14N4S. The second-order valence-electron chi connectivity index (χ2n) is 3.99. The molecule has 1 aromatic heterocycles. The van der Waals surface area contributed by atoms with E-state index in [0.717, 1.165) is 11.3 Å². The van der Waals surface area contributed by atoms with E-state index in [1.54, 1.807) is 18.6 Å². The maximum atomic E-state index is 5.22. The third-order valence-electron chi connectivity index (χ3n) is 2.43. The van der Waals surface area contributed by atoms with Gasteiger partial charge in [0, 0.05) is 18.1 Å². The Hall–Kier alpha value is -2.01. The summed E-state index contributed by atoms with van der Waals surface area (Å²) in [5.74, 6) is 0.625. The molecule has 0 unspecified atom stereocenters. The Labute approximate surface area is 111 Å². The van der Waals surface area contributed by atoms with Crippen molar-refractivity contribution in [3.05, 3.63) is 47.9 Å². The van der Waals surface area contributed by atoms with E-state index in [0.29, 0.717) is 10.9 Å². The lowest BCUT2D eigenvalue weighted by atomic mass is 10.1. The van der Waals surface area contributed by atoms with Crippen LogP contribution in [0.2, 0.25) is 0 Å². The smallest absolute Gasteiger partial charge is 0.176 e. The minimum Gasteiger partial charge on any atom is -0.332 e. The first kappa shape index (κ1) is 12.4. The number of rotatable bonds is 2. The minimum atomic E-state index is 0.502.